The van der Waals surface area contributed by atoms with Gasteiger partial charge < -0.3 is 42.5 Å². The van der Waals surface area contributed by atoms with Gasteiger partial charge in [-0.25, -0.2) is 9.78 Å². The van der Waals surface area contributed by atoms with E-state index in [4.69, 9.17) is 11.5 Å². The lowest BCUT2D eigenvalue weighted by molar-refractivity contribution is -0.142. The van der Waals surface area contributed by atoms with Crippen molar-refractivity contribution in [1.29, 1.82) is 0 Å². The molecule has 2 aromatic heterocycles. The number of hydrogen-bond acceptors (Lipinski definition) is 8. The maximum atomic E-state index is 13.7. The third-order valence-corrected chi connectivity index (χ3v) is 7.52. The topological polar surface area (TPSA) is 221 Å². The number of nitrogens with one attached hydrogen (secondary N) is 5. The zero-order valence-corrected chi connectivity index (χ0v) is 24.4. The van der Waals surface area contributed by atoms with Crippen LogP contribution in [-0.2, 0) is 32.0 Å². The maximum Gasteiger partial charge on any atom is 0.326 e. The molecular weight excluding hydrogens is 560 g/mol. The standard InChI is InChI=1S/C28H40N8O5S/c1-42-11-9-22(26(38)36-24(28(40)41)13-18-15-31-16-33-18)34-27(39)23(35-25(37)20(30)7-4-5-10-29)12-17-14-32-21-8-3-2-6-19(17)21/h2-3,6,8,14-16,20,22-24,32H,4-5,7,9-13,29-30H2,1H3,(H,31,33)(H,34,39)(H,35,37)(H,36,38)(H,40,41). The van der Waals surface area contributed by atoms with E-state index in [-0.39, 0.29) is 19.3 Å². The Hall–Kier alpha value is -3.88. The first-order valence-electron chi connectivity index (χ1n) is 13.8. The number of H-pyrrole nitrogens is 2. The molecule has 0 bridgehead atoms. The SMILES string of the molecule is CSCCC(NC(=O)C(Cc1c[nH]c2ccccc12)NC(=O)C(N)CCCCN)C(=O)NC(Cc1cnc[nH]1)C(=O)O. The van der Waals surface area contributed by atoms with Crippen LogP contribution in [0, 0.1) is 0 Å². The molecule has 3 amide bonds. The van der Waals surface area contributed by atoms with Crippen LogP contribution in [-0.4, -0.2) is 86.5 Å². The van der Waals surface area contributed by atoms with Gasteiger partial charge in [-0.1, -0.05) is 24.6 Å². The molecular formula is C28H40N8O5S. The number of rotatable bonds is 18. The second kappa shape index (κ2) is 16.5. The Morgan fingerprint density at radius 3 is 2.36 bits per heavy atom. The van der Waals surface area contributed by atoms with Gasteiger partial charge in [0.05, 0.1) is 12.4 Å². The van der Waals surface area contributed by atoms with Crippen LogP contribution in [0.5, 0.6) is 0 Å². The summed E-state index contributed by atoms with van der Waals surface area (Å²) >= 11 is 1.48. The van der Waals surface area contributed by atoms with E-state index in [9.17, 15) is 24.3 Å². The molecule has 42 heavy (non-hydrogen) atoms. The second-order valence-corrected chi connectivity index (χ2v) is 11.0. The minimum Gasteiger partial charge on any atom is -0.480 e. The largest absolute Gasteiger partial charge is 0.480 e. The quantitative estimate of drug-likeness (QED) is 0.0947. The molecule has 0 aliphatic rings. The van der Waals surface area contributed by atoms with Crippen LogP contribution in [0.15, 0.2) is 43.0 Å². The number of carboxylic acid groups (broad SMARTS) is 1. The predicted molar refractivity (Wildman–Crippen MR) is 162 cm³/mol. The highest BCUT2D eigenvalue weighted by Gasteiger charge is 2.31. The molecule has 2 heterocycles. The smallest absolute Gasteiger partial charge is 0.326 e. The number of fused-ring (bicyclic) bond motifs is 1. The Kier molecular flexibility index (Phi) is 12.8. The molecule has 228 valence electrons. The van der Waals surface area contributed by atoms with E-state index < -0.39 is 47.9 Å². The summed E-state index contributed by atoms with van der Waals surface area (Å²) in [5, 5.41) is 18.7. The Bertz CT molecular complexity index is 1310. The van der Waals surface area contributed by atoms with Crippen molar-refractivity contribution < 1.29 is 24.3 Å². The fourth-order valence-electron chi connectivity index (χ4n) is 4.51. The van der Waals surface area contributed by atoms with E-state index >= 15 is 0 Å². The summed E-state index contributed by atoms with van der Waals surface area (Å²) in [7, 11) is 0. The number of nitrogens with two attached hydrogens (primary N) is 2. The first kappa shape index (κ1) is 32.6. The van der Waals surface area contributed by atoms with Gasteiger partial charge in [-0.2, -0.15) is 11.8 Å². The lowest BCUT2D eigenvalue weighted by Crippen LogP contribution is -2.58. The number of para-hydroxylation sites is 1. The van der Waals surface area contributed by atoms with Gasteiger partial charge >= 0.3 is 5.97 Å². The highest BCUT2D eigenvalue weighted by atomic mass is 32.2. The summed E-state index contributed by atoms with van der Waals surface area (Å²) in [6, 6.07) is 3.45. The molecule has 13 nitrogen and oxygen atoms in total. The zero-order valence-electron chi connectivity index (χ0n) is 23.6. The van der Waals surface area contributed by atoms with Crippen molar-refractivity contribution in [1.82, 2.24) is 30.9 Å². The van der Waals surface area contributed by atoms with Crippen molar-refractivity contribution in [3.05, 3.63) is 54.2 Å². The zero-order chi connectivity index (χ0) is 30.5. The molecule has 0 spiro atoms. The number of amides is 3. The van der Waals surface area contributed by atoms with Gasteiger partial charge in [-0.05, 0) is 49.4 Å². The second-order valence-electron chi connectivity index (χ2n) is 10.0. The van der Waals surface area contributed by atoms with E-state index in [2.05, 4.69) is 30.9 Å². The molecule has 4 unspecified atom stereocenters. The van der Waals surface area contributed by atoms with Gasteiger partial charge in [0.15, 0.2) is 0 Å². The van der Waals surface area contributed by atoms with E-state index in [1.807, 2.05) is 30.5 Å². The number of carbonyl (C=O) groups excluding carboxylic acids is 3. The van der Waals surface area contributed by atoms with Crippen LogP contribution in [0.4, 0.5) is 0 Å². The number of carboxylic acids is 1. The van der Waals surface area contributed by atoms with Crippen molar-refractivity contribution >= 4 is 46.4 Å². The maximum absolute atomic E-state index is 13.7. The van der Waals surface area contributed by atoms with Gasteiger partial charge in [0, 0.05) is 41.8 Å². The normalized spacial score (nSPS) is 14.1. The molecule has 0 aliphatic carbocycles. The van der Waals surface area contributed by atoms with Crippen LogP contribution >= 0.6 is 11.8 Å². The number of aliphatic carboxylic acids is 1. The molecule has 0 radical (unpaired) electrons. The number of aromatic amines is 2. The van der Waals surface area contributed by atoms with Crippen molar-refractivity contribution in [3.8, 4) is 0 Å². The molecule has 0 saturated heterocycles. The van der Waals surface area contributed by atoms with Gasteiger partial charge in [-0.15, -0.1) is 0 Å². The predicted octanol–water partition coefficient (Wildman–Crippen LogP) is 0.425. The van der Waals surface area contributed by atoms with E-state index in [0.717, 1.165) is 22.9 Å². The first-order valence-corrected chi connectivity index (χ1v) is 15.2. The Balaban J connectivity index is 1.79. The summed E-state index contributed by atoms with van der Waals surface area (Å²) in [6.07, 6.45) is 8.74. The van der Waals surface area contributed by atoms with Crippen LogP contribution < -0.4 is 27.4 Å². The van der Waals surface area contributed by atoms with Crippen LogP contribution in [0.25, 0.3) is 10.9 Å². The summed E-state index contributed by atoms with van der Waals surface area (Å²) < 4.78 is 0. The van der Waals surface area contributed by atoms with Gasteiger partial charge in [0.2, 0.25) is 17.7 Å². The number of nitrogens with zero attached hydrogens (tertiary/aromatic N) is 1. The third-order valence-electron chi connectivity index (χ3n) is 6.88. The van der Waals surface area contributed by atoms with Crippen molar-refractivity contribution in [2.75, 3.05) is 18.6 Å². The monoisotopic (exact) mass is 600 g/mol. The van der Waals surface area contributed by atoms with E-state index in [1.54, 1.807) is 6.20 Å². The third kappa shape index (κ3) is 9.60. The first-order chi connectivity index (χ1) is 20.2. The molecule has 3 rings (SSSR count). The average Bonchev–Trinajstić information content (AvgIpc) is 3.64. The molecule has 0 saturated carbocycles. The molecule has 3 aromatic rings. The Morgan fingerprint density at radius 2 is 1.67 bits per heavy atom. The summed E-state index contributed by atoms with van der Waals surface area (Å²) in [4.78, 5) is 61.7. The van der Waals surface area contributed by atoms with Gasteiger partial charge in [0.25, 0.3) is 0 Å². The number of imidazole rings is 1. The molecule has 10 N–H and O–H groups in total. The van der Waals surface area contributed by atoms with Crippen molar-refractivity contribution in [3.63, 3.8) is 0 Å². The van der Waals surface area contributed by atoms with E-state index in [0.29, 0.717) is 30.8 Å². The fraction of sp³-hybridized carbons (Fsp3) is 0.464. The molecule has 0 fully saturated rings. The molecule has 0 aliphatic heterocycles. The number of carbonyl (C=O) groups is 4. The lowest BCUT2D eigenvalue weighted by atomic mass is 10.0. The van der Waals surface area contributed by atoms with Gasteiger partial charge in [-0.3, -0.25) is 14.4 Å². The molecule has 4 atom stereocenters. The summed E-state index contributed by atoms with van der Waals surface area (Å²) in [6.45, 7) is 0.490. The Labute approximate surface area is 248 Å². The minimum absolute atomic E-state index is 0.00837. The van der Waals surface area contributed by atoms with Crippen LogP contribution in [0.1, 0.15) is 36.9 Å². The summed E-state index contributed by atoms with van der Waals surface area (Å²) in [5.74, 6) is -2.39. The van der Waals surface area contributed by atoms with Gasteiger partial charge in [0.1, 0.15) is 18.1 Å². The fourth-order valence-corrected chi connectivity index (χ4v) is 4.98. The van der Waals surface area contributed by atoms with Crippen LogP contribution in [0.2, 0.25) is 0 Å². The number of benzene rings is 1. The minimum atomic E-state index is -1.24. The molecule has 14 heteroatoms. The summed E-state index contributed by atoms with van der Waals surface area (Å²) in [5.41, 5.74) is 13.9. The number of unbranched alkanes of at least 4 members (excludes halogenated alkanes) is 1. The number of hydrogen-bond donors (Lipinski definition) is 8. The van der Waals surface area contributed by atoms with Crippen molar-refractivity contribution in [2.24, 2.45) is 11.5 Å². The number of aromatic nitrogens is 3. The Morgan fingerprint density at radius 1 is 0.952 bits per heavy atom. The van der Waals surface area contributed by atoms with E-state index in [1.165, 1.54) is 24.3 Å². The average molecular weight is 601 g/mol. The highest BCUT2D eigenvalue weighted by Crippen LogP contribution is 2.19. The van der Waals surface area contributed by atoms with Crippen molar-refractivity contribution in [2.45, 2.75) is 62.7 Å². The lowest BCUT2D eigenvalue weighted by Gasteiger charge is -2.25. The highest BCUT2D eigenvalue weighted by molar-refractivity contribution is 7.98. The van der Waals surface area contributed by atoms with Crippen LogP contribution in [0.3, 0.4) is 0 Å². The molecule has 1 aromatic carbocycles. The number of thioether (sulfide) groups is 1.